The van der Waals surface area contributed by atoms with Crippen LogP contribution >= 0.6 is 0 Å². The Hall–Kier alpha value is -2.71. The smallest absolute Gasteiger partial charge is 0.194 e. The molecule has 0 unspecified atom stereocenters. The maximum atomic E-state index is 13.6. The number of hydrogen-bond donors (Lipinski definition) is 0. The van der Waals surface area contributed by atoms with E-state index in [0.29, 0.717) is 6.42 Å². The van der Waals surface area contributed by atoms with Crippen molar-refractivity contribution in [3.05, 3.63) is 53.7 Å². The lowest BCUT2D eigenvalue weighted by molar-refractivity contribution is -0.115. The van der Waals surface area contributed by atoms with Gasteiger partial charge in [-0.15, -0.1) is 12.8 Å². The molecule has 1 heterocycles. The zero-order valence-corrected chi connectivity index (χ0v) is 22.4. The Morgan fingerprint density at radius 2 is 1.68 bits per heavy atom. The lowest BCUT2D eigenvalue weighted by Gasteiger charge is -2.25. The number of likely N-dealkylation sites (tertiary alicyclic amines) is 1. The van der Waals surface area contributed by atoms with Crippen LogP contribution in [0.1, 0.15) is 80.6 Å². The third-order valence-electron chi connectivity index (χ3n) is 4.61. The number of Topliss-reactive ketones (excluding diaryl/α,β-unsaturated/α-hetero) is 1. The summed E-state index contributed by atoms with van der Waals surface area (Å²) in [6.45, 7) is 17.4. The second kappa shape index (κ2) is 22.1. The zero-order chi connectivity index (χ0) is 26.4. The molecule has 0 radical (unpaired) electrons. The summed E-state index contributed by atoms with van der Waals surface area (Å²) in [5, 5.41) is 0. The molecule has 4 nitrogen and oxygen atoms in total. The molecule has 5 heteroatoms. The molecule has 0 spiro atoms. The summed E-state index contributed by atoms with van der Waals surface area (Å²) in [4.78, 5) is 18.4. The average Bonchev–Trinajstić information content (AvgIpc) is 2.86. The first-order chi connectivity index (χ1) is 16.4. The van der Waals surface area contributed by atoms with Gasteiger partial charge in [0.15, 0.2) is 23.1 Å². The van der Waals surface area contributed by atoms with Crippen molar-refractivity contribution in [2.24, 2.45) is 4.99 Å². The Labute approximate surface area is 208 Å². The lowest BCUT2D eigenvalue weighted by atomic mass is 10.1. The van der Waals surface area contributed by atoms with Gasteiger partial charge in [-0.1, -0.05) is 46.2 Å². The fourth-order valence-electron chi connectivity index (χ4n) is 2.96. The van der Waals surface area contributed by atoms with Crippen LogP contribution < -0.4 is 4.74 Å². The van der Waals surface area contributed by atoms with Crippen molar-refractivity contribution in [2.45, 2.75) is 80.6 Å². The van der Waals surface area contributed by atoms with Crippen molar-refractivity contribution in [2.75, 3.05) is 19.6 Å². The number of ketones is 1. The number of aliphatic imine (C=N–C) groups is 1. The van der Waals surface area contributed by atoms with Crippen LogP contribution in [0.25, 0.3) is 0 Å². The van der Waals surface area contributed by atoms with E-state index in [0.717, 1.165) is 11.3 Å². The van der Waals surface area contributed by atoms with Gasteiger partial charge in [-0.2, -0.15) is 0 Å². The quantitative estimate of drug-likeness (QED) is 0.129. The highest BCUT2D eigenvalue weighted by Crippen LogP contribution is 2.20. The third kappa shape index (κ3) is 16.0. The summed E-state index contributed by atoms with van der Waals surface area (Å²) < 4.78 is 19.0. The van der Waals surface area contributed by atoms with Crippen LogP contribution in [0.2, 0.25) is 0 Å². The minimum Gasteiger partial charge on any atom is -0.451 e. The normalized spacial score (nSPS) is 13.6. The minimum atomic E-state index is -0.505. The molecule has 1 aromatic rings. The molecule has 34 heavy (non-hydrogen) atoms. The largest absolute Gasteiger partial charge is 0.451 e. The highest BCUT2D eigenvalue weighted by atomic mass is 19.1. The molecule has 0 amide bonds. The number of piperidine rings is 1. The van der Waals surface area contributed by atoms with Crippen molar-refractivity contribution in [3.8, 4) is 18.6 Å². The van der Waals surface area contributed by atoms with Crippen LogP contribution in [0.15, 0.2) is 52.9 Å². The molecule has 1 fully saturated rings. The van der Waals surface area contributed by atoms with Crippen LogP contribution in [0.5, 0.6) is 5.75 Å². The molecule has 0 bridgehead atoms. The molecule has 2 rings (SSSR count). The van der Waals surface area contributed by atoms with Gasteiger partial charge in [-0.3, -0.25) is 9.79 Å². The lowest BCUT2D eigenvalue weighted by Crippen LogP contribution is -2.30. The summed E-state index contributed by atoms with van der Waals surface area (Å²) in [5.41, 5.74) is 1.74. The second-order valence-electron chi connectivity index (χ2n) is 7.63. The molecule has 190 valence electrons. The van der Waals surface area contributed by atoms with Crippen molar-refractivity contribution in [1.82, 2.24) is 4.90 Å². The number of halogens is 1. The maximum Gasteiger partial charge on any atom is 0.194 e. The number of rotatable bonds is 8. The second-order valence-corrected chi connectivity index (χ2v) is 7.63. The van der Waals surface area contributed by atoms with E-state index in [1.165, 1.54) is 64.4 Å². The molecule has 0 aromatic heterocycles. The predicted molar refractivity (Wildman–Crippen MR) is 145 cm³/mol. The molecule has 0 saturated carbocycles. The van der Waals surface area contributed by atoms with Gasteiger partial charge in [-0.25, -0.2) is 4.39 Å². The van der Waals surface area contributed by atoms with E-state index in [2.05, 4.69) is 29.7 Å². The summed E-state index contributed by atoms with van der Waals surface area (Å²) >= 11 is 0. The number of carbonyl (C=O) groups is 1. The Morgan fingerprint density at radius 3 is 2.15 bits per heavy atom. The molecular weight excluding hydrogens is 427 g/mol. The number of ether oxygens (including phenoxy) is 1. The van der Waals surface area contributed by atoms with Crippen LogP contribution in [-0.2, 0) is 4.79 Å². The Balaban J connectivity index is 0. The van der Waals surface area contributed by atoms with E-state index in [1.807, 2.05) is 34.6 Å². The van der Waals surface area contributed by atoms with Crippen LogP contribution in [0.3, 0.4) is 0 Å². The Kier molecular flexibility index (Phi) is 21.8. The van der Waals surface area contributed by atoms with Gasteiger partial charge in [-0.05, 0) is 82.9 Å². The van der Waals surface area contributed by atoms with Gasteiger partial charge >= 0.3 is 0 Å². The topological polar surface area (TPSA) is 41.9 Å². The summed E-state index contributed by atoms with van der Waals surface area (Å²) in [6.07, 6.45) is 17.6. The van der Waals surface area contributed by atoms with Gasteiger partial charge in [0.2, 0.25) is 0 Å². The van der Waals surface area contributed by atoms with E-state index in [1.54, 1.807) is 24.4 Å². The molecule has 1 aromatic carbocycles. The van der Waals surface area contributed by atoms with Gasteiger partial charge in [0.05, 0.1) is 0 Å². The number of carbonyl (C=O) groups excluding carboxylic acids is 1. The number of allylic oxidation sites excluding steroid dienone is 3. The predicted octanol–water partition coefficient (Wildman–Crippen LogP) is 7.61. The van der Waals surface area contributed by atoms with E-state index < -0.39 is 5.82 Å². The van der Waals surface area contributed by atoms with Crippen molar-refractivity contribution >= 4 is 11.5 Å². The van der Waals surface area contributed by atoms with Gasteiger partial charge in [0, 0.05) is 18.8 Å². The van der Waals surface area contributed by atoms with Crippen LogP contribution in [-0.4, -0.2) is 36.0 Å². The van der Waals surface area contributed by atoms with E-state index in [-0.39, 0.29) is 17.3 Å². The fraction of sp³-hybridized carbons (Fsp3) is 0.517. The summed E-state index contributed by atoms with van der Waals surface area (Å²) in [7, 11) is 0. The zero-order valence-electron chi connectivity index (χ0n) is 22.4. The summed E-state index contributed by atoms with van der Waals surface area (Å²) in [6, 6.07) is 5.98. The van der Waals surface area contributed by atoms with Gasteiger partial charge in [0.1, 0.15) is 0 Å². The number of terminal acetylenes is 1. The van der Waals surface area contributed by atoms with Crippen molar-refractivity contribution < 1.29 is 13.9 Å². The van der Waals surface area contributed by atoms with Crippen LogP contribution in [0.4, 0.5) is 4.39 Å². The number of para-hydroxylation sites is 1. The first-order valence-corrected chi connectivity index (χ1v) is 12.3. The van der Waals surface area contributed by atoms with E-state index in [9.17, 15) is 9.18 Å². The average molecular weight is 473 g/mol. The highest BCUT2D eigenvalue weighted by molar-refractivity contribution is 5.92. The minimum absolute atomic E-state index is 0.0320. The third-order valence-corrected chi connectivity index (χ3v) is 4.61. The Bertz CT molecular complexity index is 782. The van der Waals surface area contributed by atoms with Gasteiger partial charge < -0.3 is 9.64 Å². The molecular formula is C29H45FN2O2. The molecule has 0 N–H and O–H groups in total. The maximum absolute atomic E-state index is 13.6. The monoisotopic (exact) mass is 472 g/mol. The fourth-order valence-corrected chi connectivity index (χ4v) is 2.96. The molecule has 0 aliphatic carbocycles. The van der Waals surface area contributed by atoms with E-state index >= 15 is 0 Å². The standard InChI is InChI=1S/C17H20FNO2.C8H17N.C2H6.C2H2/c1-5-14(11-19-12(2)3)10-17(13(4)20)21-16-9-7-6-8-15(16)18;1-2-6-9-7-4-3-5-8-9;2*1-2/h6-11H,5H2,1-4H3;2-8H2,1H3;1-2H3;1-2H/b14-11+,17-10+;;;. The first kappa shape index (κ1) is 33.5. The van der Waals surface area contributed by atoms with Gasteiger partial charge in [0.25, 0.3) is 0 Å². The summed E-state index contributed by atoms with van der Waals surface area (Å²) in [5.74, 6) is -0.648. The van der Waals surface area contributed by atoms with Crippen molar-refractivity contribution in [1.29, 1.82) is 0 Å². The highest BCUT2D eigenvalue weighted by Gasteiger charge is 2.11. The number of benzene rings is 1. The molecule has 1 aliphatic heterocycles. The number of hydrogen-bond acceptors (Lipinski definition) is 4. The molecule has 1 saturated heterocycles. The van der Waals surface area contributed by atoms with E-state index in [4.69, 9.17) is 4.74 Å². The van der Waals surface area contributed by atoms with Crippen molar-refractivity contribution in [3.63, 3.8) is 0 Å². The molecule has 1 aliphatic rings. The van der Waals surface area contributed by atoms with Crippen LogP contribution in [0, 0.1) is 18.7 Å². The SMILES string of the molecule is C#C.CC.CCC(=C\N=C(C)C)/C=C(/Oc1ccccc1F)C(C)=O.CCCN1CCCCC1. The Morgan fingerprint density at radius 1 is 1.09 bits per heavy atom. The first-order valence-electron chi connectivity index (χ1n) is 12.3. The molecule has 0 atom stereocenters. The number of nitrogens with zero attached hydrogens (tertiary/aromatic N) is 2.